The molecule has 22 heavy (non-hydrogen) atoms. The van der Waals surface area contributed by atoms with Gasteiger partial charge < -0.3 is 14.9 Å². The molecule has 0 saturated heterocycles. The number of aliphatic carboxylic acids is 2. The third kappa shape index (κ3) is 4.05. The number of carboxylic acid groups (broad SMARTS) is 2. The van der Waals surface area contributed by atoms with Gasteiger partial charge in [0.05, 0.1) is 29.8 Å². The van der Waals surface area contributed by atoms with Gasteiger partial charge in [-0.05, 0) is 29.8 Å². The summed E-state index contributed by atoms with van der Waals surface area (Å²) in [6.45, 7) is 0. The molecule has 2 N–H and O–H groups in total. The first-order chi connectivity index (χ1) is 10.5. The average molecular weight is 321 g/mol. The van der Waals surface area contributed by atoms with Gasteiger partial charge in [0.15, 0.2) is 0 Å². The lowest BCUT2D eigenvalue weighted by molar-refractivity contribution is -0.139. The molecule has 0 aliphatic heterocycles. The molecular formula is C15H15NO5S. The van der Waals surface area contributed by atoms with E-state index in [0.717, 1.165) is 16.2 Å². The number of rotatable bonds is 7. The standard InChI is InChI=1S/C15H15NO5S/c1-21-11-4-2-9(3-5-11)12-8-16-15(22-12)10(6-13(17)18)7-14(19)20/h2-5,8,10H,6-7H2,1H3,(H,17,18)(H,19,20). The second-order valence-corrected chi connectivity index (χ2v) is 5.75. The van der Waals surface area contributed by atoms with Crippen LogP contribution in [0.25, 0.3) is 10.4 Å². The second-order valence-electron chi connectivity index (χ2n) is 4.68. The molecule has 2 rings (SSSR count). The van der Waals surface area contributed by atoms with E-state index in [1.54, 1.807) is 13.3 Å². The zero-order valence-corrected chi connectivity index (χ0v) is 12.7. The number of hydrogen-bond donors (Lipinski definition) is 2. The Kier molecular flexibility index (Phi) is 5.11. The van der Waals surface area contributed by atoms with Crippen LogP contribution >= 0.6 is 11.3 Å². The van der Waals surface area contributed by atoms with Gasteiger partial charge in [0.2, 0.25) is 0 Å². The summed E-state index contributed by atoms with van der Waals surface area (Å²) in [5, 5.41) is 18.3. The molecule has 0 fully saturated rings. The van der Waals surface area contributed by atoms with E-state index >= 15 is 0 Å². The summed E-state index contributed by atoms with van der Waals surface area (Å²) in [5.74, 6) is -1.95. The van der Waals surface area contributed by atoms with Crippen molar-refractivity contribution in [1.82, 2.24) is 4.98 Å². The van der Waals surface area contributed by atoms with Crippen molar-refractivity contribution in [3.63, 3.8) is 0 Å². The predicted octanol–water partition coefficient (Wildman–Crippen LogP) is 2.85. The van der Waals surface area contributed by atoms with Gasteiger partial charge in [0, 0.05) is 12.1 Å². The maximum atomic E-state index is 10.9. The Hall–Kier alpha value is -2.41. The van der Waals surface area contributed by atoms with E-state index in [9.17, 15) is 9.59 Å². The average Bonchev–Trinajstić information content (AvgIpc) is 2.95. The maximum Gasteiger partial charge on any atom is 0.304 e. The molecule has 0 aliphatic rings. The van der Waals surface area contributed by atoms with Gasteiger partial charge in [-0.1, -0.05) is 0 Å². The van der Waals surface area contributed by atoms with Crippen molar-refractivity contribution in [2.24, 2.45) is 0 Å². The van der Waals surface area contributed by atoms with E-state index in [1.807, 2.05) is 24.3 Å². The van der Waals surface area contributed by atoms with Crippen LogP contribution in [0.5, 0.6) is 5.75 Å². The fraction of sp³-hybridized carbons (Fsp3) is 0.267. The molecule has 1 aromatic heterocycles. The molecule has 2 aromatic rings. The number of benzene rings is 1. The Morgan fingerprint density at radius 3 is 2.27 bits per heavy atom. The van der Waals surface area contributed by atoms with Crippen LogP contribution in [0, 0.1) is 0 Å². The van der Waals surface area contributed by atoms with Crippen LogP contribution < -0.4 is 4.74 Å². The van der Waals surface area contributed by atoms with Crippen LogP contribution in [0.15, 0.2) is 30.5 Å². The Morgan fingerprint density at radius 2 is 1.77 bits per heavy atom. The molecule has 0 atom stereocenters. The zero-order valence-electron chi connectivity index (χ0n) is 11.9. The second kappa shape index (κ2) is 7.04. The fourth-order valence-electron chi connectivity index (χ4n) is 2.03. The summed E-state index contributed by atoms with van der Waals surface area (Å²) in [6.07, 6.45) is 1.14. The molecular weight excluding hydrogens is 306 g/mol. The highest BCUT2D eigenvalue weighted by molar-refractivity contribution is 7.15. The van der Waals surface area contributed by atoms with Gasteiger partial charge >= 0.3 is 11.9 Å². The van der Waals surface area contributed by atoms with Gasteiger partial charge in [-0.15, -0.1) is 11.3 Å². The number of ether oxygens (including phenoxy) is 1. The Morgan fingerprint density at radius 1 is 1.18 bits per heavy atom. The minimum atomic E-state index is -1.03. The highest BCUT2D eigenvalue weighted by Crippen LogP contribution is 2.33. The normalized spacial score (nSPS) is 10.6. The number of thiazole rings is 1. The number of carbonyl (C=O) groups is 2. The molecule has 0 bridgehead atoms. The first-order valence-corrected chi connectivity index (χ1v) is 7.35. The molecule has 116 valence electrons. The number of carboxylic acids is 2. The number of hydrogen-bond acceptors (Lipinski definition) is 5. The first kappa shape index (κ1) is 16.0. The summed E-state index contributed by atoms with van der Waals surface area (Å²) in [6, 6.07) is 7.39. The van der Waals surface area contributed by atoms with E-state index in [-0.39, 0.29) is 12.8 Å². The molecule has 0 saturated carbocycles. The summed E-state index contributed by atoms with van der Waals surface area (Å²) in [4.78, 5) is 26.8. The molecule has 7 heteroatoms. The number of methoxy groups -OCH3 is 1. The zero-order chi connectivity index (χ0) is 16.1. The van der Waals surface area contributed by atoms with Crippen molar-refractivity contribution < 1.29 is 24.5 Å². The number of aromatic nitrogens is 1. The van der Waals surface area contributed by atoms with Crippen LogP contribution in [0.2, 0.25) is 0 Å². The lowest BCUT2D eigenvalue weighted by atomic mass is 10.0. The van der Waals surface area contributed by atoms with Crippen molar-refractivity contribution in [3.8, 4) is 16.2 Å². The topological polar surface area (TPSA) is 96.7 Å². The van der Waals surface area contributed by atoms with Gasteiger partial charge in [0.1, 0.15) is 5.75 Å². The van der Waals surface area contributed by atoms with E-state index in [1.165, 1.54) is 11.3 Å². The highest BCUT2D eigenvalue weighted by Gasteiger charge is 2.22. The van der Waals surface area contributed by atoms with E-state index in [2.05, 4.69) is 4.98 Å². The number of nitrogens with zero attached hydrogens (tertiary/aromatic N) is 1. The summed E-state index contributed by atoms with van der Waals surface area (Å²) in [7, 11) is 1.59. The van der Waals surface area contributed by atoms with Crippen LogP contribution in [-0.2, 0) is 9.59 Å². The molecule has 0 aliphatic carbocycles. The van der Waals surface area contributed by atoms with Crippen molar-refractivity contribution in [3.05, 3.63) is 35.5 Å². The third-order valence-corrected chi connectivity index (χ3v) is 4.30. The van der Waals surface area contributed by atoms with Crippen molar-refractivity contribution in [2.75, 3.05) is 7.11 Å². The van der Waals surface area contributed by atoms with E-state index in [0.29, 0.717) is 5.01 Å². The SMILES string of the molecule is COc1ccc(-c2cnc(C(CC(=O)O)CC(=O)O)s2)cc1. The predicted molar refractivity (Wildman–Crippen MR) is 81.3 cm³/mol. The van der Waals surface area contributed by atoms with Crippen LogP contribution in [0.3, 0.4) is 0 Å². The minimum absolute atomic E-state index is 0.248. The van der Waals surface area contributed by atoms with Crippen molar-refractivity contribution in [2.45, 2.75) is 18.8 Å². The van der Waals surface area contributed by atoms with Crippen LogP contribution in [0.4, 0.5) is 0 Å². The fourth-order valence-corrected chi connectivity index (χ4v) is 3.06. The summed E-state index contributed by atoms with van der Waals surface area (Å²) in [5.41, 5.74) is 0.925. The minimum Gasteiger partial charge on any atom is -0.497 e. The first-order valence-electron chi connectivity index (χ1n) is 6.53. The molecule has 6 nitrogen and oxygen atoms in total. The Balaban J connectivity index is 2.23. The molecule has 0 radical (unpaired) electrons. The molecule has 1 heterocycles. The van der Waals surface area contributed by atoms with Crippen molar-refractivity contribution >= 4 is 23.3 Å². The Bertz CT molecular complexity index is 649. The lowest BCUT2D eigenvalue weighted by Gasteiger charge is -2.08. The van der Waals surface area contributed by atoms with Gasteiger partial charge in [0.25, 0.3) is 0 Å². The summed E-state index contributed by atoms with van der Waals surface area (Å²) >= 11 is 1.31. The monoisotopic (exact) mass is 321 g/mol. The maximum absolute atomic E-state index is 10.9. The van der Waals surface area contributed by atoms with E-state index in [4.69, 9.17) is 14.9 Å². The van der Waals surface area contributed by atoms with Crippen LogP contribution in [0.1, 0.15) is 23.8 Å². The highest BCUT2D eigenvalue weighted by atomic mass is 32.1. The molecule has 1 aromatic carbocycles. The van der Waals surface area contributed by atoms with Gasteiger partial charge in [-0.25, -0.2) is 4.98 Å². The van der Waals surface area contributed by atoms with Gasteiger partial charge in [-0.3, -0.25) is 9.59 Å². The summed E-state index contributed by atoms with van der Waals surface area (Å²) < 4.78 is 5.09. The molecule has 0 unspecified atom stereocenters. The van der Waals surface area contributed by atoms with Gasteiger partial charge in [-0.2, -0.15) is 0 Å². The van der Waals surface area contributed by atoms with E-state index < -0.39 is 17.9 Å². The van der Waals surface area contributed by atoms with Crippen LogP contribution in [-0.4, -0.2) is 34.2 Å². The smallest absolute Gasteiger partial charge is 0.304 e. The lowest BCUT2D eigenvalue weighted by Crippen LogP contribution is -2.10. The largest absolute Gasteiger partial charge is 0.497 e. The van der Waals surface area contributed by atoms with Crippen molar-refractivity contribution in [1.29, 1.82) is 0 Å². The Labute approximate surface area is 131 Å². The third-order valence-electron chi connectivity index (χ3n) is 3.09. The molecule has 0 spiro atoms. The quantitative estimate of drug-likeness (QED) is 0.814. The molecule has 0 amide bonds.